The number of aliphatic hydroxyl groups excluding tert-OH is 1. The highest BCUT2D eigenvalue weighted by Gasteiger charge is 2.66. The molecule has 0 aliphatic carbocycles. The molecule has 1 saturated heterocycles. The monoisotopic (exact) mass is 843 g/mol. The van der Waals surface area contributed by atoms with E-state index < -0.39 is 24.7 Å². The molecule has 1 N–H and O–H groups in total. The third-order valence-electron chi connectivity index (χ3n) is 11.2. The smallest absolute Gasteiger partial charge is 0.269 e. The number of carbonyl (C=O) groups excluding carboxylic acids is 1. The van der Waals surface area contributed by atoms with E-state index in [4.69, 9.17) is 9.47 Å². The summed E-state index contributed by atoms with van der Waals surface area (Å²) >= 11 is 2.26. The number of hydrogen-bond acceptors (Lipinski definition) is 8. The van der Waals surface area contributed by atoms with Crippen LogP contribution in [-0.4, -0.2) is 58.8 Å². The molecule has 1 aromatic heterocycles. The fraction of sp³-hybridized carbons (Fsp3) is 0.325. The van der Waals surface area contributed by atoms with Gasteiger partial charge in [-0.2, -0.15) is 0 Å². The molecule has 11 nitrogen and oxygen atoms in total. The van der Waals surface area contributed by atoms with Gasteiger partial charge in [0.05, 0.1) is 56.7 Å². The molecular formula is C40H42IN5O6Si. The molecule has 4 aromatic carbocycles. The van der Waals surface area contributed by atoms with E-state index in [2.05, 4.69) is 65.1 Å². The third-order valence-corrected chi connectivity index (χ3v) is 16.3. The molecule has 0 bridgehead atoms. The fourth-order valence-corrected chi connectivity index (χ4v) is 12.9. The molecule has 5 atom stereocenters. The van der Waals surface area contributed by atoms with Crippen LogP contribution >= 0.6 is 22.6 Å². The zero-order valence-corrected chi connectivity index (χ0v) is 33.2. The number of rotatable bonds is 12. The van der Waals surface area contributed by atoms with Gasteiger partial charge in [0.2, 0.25) is 0 Å². The lowest BCUT2D eigenvalue weighted by Crippen LogP contribution is -2.51. The Balaban J connectivity index is 1.28. The van der Waals surface area contributed by atoms with E-state index in [-0.39, 0.29) is 35.6 Å². The van der Waals surface area contributed by atoms with E-state index in [0.29, 0.717) is 36.5 Å². The van der Waals surface area contributed by atoms with Gasteiger partial charge in [-0.15, -0.1) is 5.10 Å². The quantitative estimate of drug-likeness (QED) is 0.0630. The number of nitro groups is 1. The molecule has 13 heteroatoms. The number of methoxy groups -OCH3 is 1. The predicted octanol–water partition coefficient (Wildman–Crippen LogP) is 6.78. The number of non-ortho nitro benzene ring substituents is 1. The number of nitro benzene ring substituents is 1. The topological polar surface area (TPSA) is 133 Å². The van der Waals surface area contributed by atoms with Gasteiger partial charge >= 0.3 is 0 Å². The van der Waals surface area contributed by atoms with Crippen LogP contribution in [0.15, 0.2) is 103 Å². The van der Waals surface area contributed by atoms with Crippen LogP contribution in [0.3, 0.4) is 0 Å². The lowest BCUT2D eigenvalue weighted by atomic mass is 9.82. The first-order valence-corrected chi connectivity index (χ1v) is 21.9. The Morgan fingerprint density at radius 3 is 2.43 bits per heavy atom. The maximum absolute atomic E-state index is 15.1. The highest BCUT2D eigenvalue weighted by atomic mass is 127. The fourth-order valence-electron chi connectivity index (χ4n) is 8.51. The number of carbonyl (C=O) groups is 1. The SMILES string of the molecule is COc1ccc([Si](C)(C)[C@H]2[C@H](CCn3cc(C(CO)c4ccccc4)nn3)O[C@@]3(C(=O)N(Cc4ccc(I)cc4)c4ccc([N+](=O)[O-])cc43)[C@@H]2C)cc1. The molecule has 0 radical (unpaired) electrons. The molecule has 53 heavy (non-hydrogen) atoms. The molecule has 1 amide bonds. The number of anilines is 1. The molecular weight excluding hydrogens is 801 g/mol. The summed E-state index contributed by atoms with van der Waals surface area (Å²) in [7, 11) is -0.810. The summed E-state index contributed by atoms with van der Waals surface area (Å²) < 4.78 is 15.5. The Kier molecular flexibility index (Phi) is 10.3. The lowest BCUT2D eigenvalue weighted by molar-refractivity contribution is -0.385. The van der Waals surface area contributed by atoms with E-state index in [0.717, 1.165) is 20.4 Å². The van der Waals surface area contributed by atoms with Crippen LogP contribution in [0, 0.1) is 19.6 Å². The van der Waals surface area contributed by atoms with Crippen molar-refractivity contribution in [3.05, 3.63) is 139 Å². The van der Waals surface area contributed by atoms with Gasteiger partial charge in [-0.1, -0.05) is 85.0 Å². The summed E-state index contributed by atoms with van der Waals surface area (Å²) in [5.41, 5.74) is 2.16. The van der Waals surface area contributed by atoms with Crippen LogP contribution in [0.1, 0.15) is 41.6 Å². The molecule has 1 fully saturated rings. The average Bonchev–Trinajstić information content (AvgIpc) is 3.82. The minimum absolute atomic E-state index is 0.0669. The van der Waals surface area contributed by atoms with E-state index in [9.17, 15) is 15.2 Å². The van der Waals surface area contributed by atoms with Crippen LogP contribution in [0.25, 0.3) is 0 Å². The van der Waals surface area contributed by atoms with E-state index >= 15 is 4.79 Å². The molecule has 7 rings (SSSR count). The number of hydrogen-bond donors (Lipinski definition) is 1. The number of nitrogens with zero attached hydrogens (tertiary/aromatic N) is 5. The van der Waals surface area contributed by atoms with Crippen LogP contribution in [0.4, 0.5) is 11.4 Å². The van der Waals surface area contributed by atoms with Gasteiger partial charge in [0, 0.05) is 39.9 Å². The maximum atomic E-state index is 15.1. The Hall–Kier alpha value is -4.44. The summed E-state index contributed by atoms with van der Waals surface area (Å²) in [5, 5.41) is 32.5. The summed E-state index contributed by atoms with van der Waals surface area (Å²) in [4.78, 5) is 28.6. The third kappa shape index (κ3) is 6.68. The van der Waals surface area contributed by atoms with Gasteiger partial charge in [0.1, 0.15) is 5.75 Å². The van der Waals surface area contributed by atoms with Crippen molar-refractivity contribution in [2.45, 2.75) is 62.7 Å². The standard InChI is InChI=1S/C40H42IN5O6Si/c1-26-38(53(3,4)32-17-15-31(51-2)16-18-32)37(20-21-44-24-35(42-43-44)33(25-47)28-8-6-5-7-9-28)52-40(26)34-22-30(46(49)50)14-19-36(34)45(39(40)48)23-27-10-12-29(41)13-11-27/h5-19,22,24,26,33,37-38,47H,20-21,23,25H2,1-4H3/t26-,33?,37+,38-,40+/m1/s1. The number of halogens is 1. The van der Waals surface area contributed by atoms with Gasteiger partial charge in [-0.05, 0) is 76.0 Å². The molecule has 1 unspecified atom stereocenters. The zero-order valence-electron chi connectivity index (χ0n) is 30.1. The van der Waals surface area contributed by atoms with Crippen molar-refractivity contribution in [2.24, 2.45) is 5.92 Å². The van der Waals surface area contributed by atoms with Crippen molar-refractivity contribution in [3.63, 3.8) is 0 Å². The Labute approximate surface area is 323 Å². The second-order valence-corrected chi connectivity index (χ2v) is 20.4. The first-order chi connectivity index (χ1) is 25.5. The van der Waals surface area contributed by atoms with Crippen LogP contribution in [0.5, 0.6) is 5.75 Å². The zero-order chi connectivity index (χ0) is 37.5. The van der Waals surface area contributed by atoms with E-state index in [1.807, 2.05) is 72.9 Å². The average molecular weight is 844 g/mol. The second kappa shape index (κ2) is 14.8. The van der Waals surface area contributed by atoms with Gasteiger partial charge in [0.15, 0.2) is 5.60 Å². The summed E-state index contributed by atoms with van der Waals surface area (Å²) in [5.74, 6) is -0.0795. The first-order valence-electron chi connectivity index (χ1n) is 17.7. The molecule has 1 spiro atoms. The predicted molar refractivity (Wildman–Crippen MR) is 213 cm³/mol. The van der Waals surface area contributed by atoms with Gasteiger partial charge in [0.25, 0.3) is 11.6 Å². The summed E-state index contributed by atoms with van der Waals surface area (Å²) in [6.45, 7) is 7.35. The minimum Gasteiger partial charge on any atom is -0.497 e. The first kappa shape index (κ1) is 36.9. The van der Waals surface area contributed by atoms with Crippen LogP contribution < -0.4 is 14.8 Å². The highest BCUT2D eigenvalue weighted by molar-refractivity contribution is 14.1. The van der Waals surface area contributed by atoms with E-state index in [1.54, 1.807) is 28.8 Å². The molecule has 2 aliphatic heterocycles. The van der Waals surface area contributed by atoms with Gasteiger partial charge in [-0.3, -0.25) is 19.6 Å². The number of fused-ring (bicyclic) bond motifs is 2. The normalized spacial score (nSPS) is 21.6. The van der Waals surface area contributed by atoms with Gasteiger partial charge < -0.3 is 19.5 Å². The Morgan fingerprint density at radius 1 is 1.06 bits per heavy atom. The van der Waals surface area contributed by atoms with Crippen LogP contribution in [-0.2, 0) is 28.2 Å². The number of aliphatic hydroxyl groups is 1. The van der Waals surface area contributed by atoms with E-state index in [1.165, 1.54) is 11.3 Å². The van der Waals surface area contributed by atoms with Crippen molar-refractivity contribution in [1.29, 1.82) is 0 Å². The number of aromatic nitrogens is 3. The van der Waals surface area contributed by atoms with Crippen molar-refractivity contribution in [1.82, 2.24) is 15.0 Å². The largest absolute Gasteiger partial charge is 0.497 e. The number of amides is 1. The Morgan fingerprint density at radius 2 is 1.77 bits per heavy atom. The van der Waals surface area contributed by atoms with Crippen molar-refractivity contribution < 1.29 is 24.3 Å². The molecule has 274 valence electrons. The number of benzene rings is 4. The number of ether oxygens (including phenoxy) is 2. The summed E-state index contributed by atoms with van der Waals surface area (Å²) in [6, 6.07) is 30.6. The molecule has 5 aromatic rings. The second-order valence-electron chi connectivity index (χ2n) is 14.5. The number of aryl methyl sites for hydroxylation is 1. The highest BCUT2D eigenvalue weighted by Crippen LogP contribution is 2.60. The summed E-state index contributed by atoms with van der Waals surface area (Å²) in [6.07, 6.45) is 2.00. The van der Waals surface area contributed by atoms with Gasteiger partial charge in [-0.25, -0.2) is 0 Å². The lowest BCUT2D eigenvalue weighted by Gasteiger charge is -2.37. The maximum Gasteiger partial charge on any atom is 0.269 e. The molecule has 0 saturated carbocycles. The van der Waals surface area contributed by atoms with Crippen molar-refractivity contribution in [2.75, 3.05) is 18.6 Å². The molecule has 2 aliphatic rings. The molecule has 3 heterocycles. The minimum atomic E-state index is -2.46. The van der Waals surface area contributed by atoms with Crippen molar-refractivity contribution >= 4 is 53.1 Å². The Bertz CT molecular complexity index is 2110. The van der Waals surface area contributed by atoms with Crippen molar-refractivity contribution in [3.8, 4) is 5.75 Å². The van der Waals surface area contributed by atoms with Crippen LogP contribution in [0.2, 0.25) is 18.6 Å².